The van der Waals surface area contributed by atoms with Gasteiger partial charge in [-0.15, -0.1) is 0 Å². The minimum Gasteiger partial charge on any atom is -0.379 e. The molecule has 3 heterocycles. The molecule has 1 amide bonds. The van der Waals surface area contributed by atoms with Gasteiger partial charge in [-0.05, 0) is 18.9 Å². The van der Waals surface area contributed by atoms with Crippen molar-refractivity contribution in [2.24, 2.45) is 0 Å². The van der Waals surface area contributed by atoms with E-state index in [-0.39, 0.29) is 37.9 Å². The number of hydrogen-bond acceptors (Lipinski definition) is 7. The van der Waals surface area contributed by atoms with Crippen molar-refractivity contribution in [3.05, 3.63) is 52.0 Å². The van der Waals surface area contributed by atoms with Gasteiger partial charge in [0, 0.05) is 31.5 Å². The largest absolute Gasteiger partial charge is 0.423 e. The summed E-state index contributed by atoms with van der Waals surface area (Å²) in [4.78, 5) is 32.9. The normalized spacial score (nSPS) is 15.4. The highest BCUT2D eigenvalue weighted by atomic mass is 19.4. The van der Waals surface area contributed by atoms with Crippen molar-refractivity contribution in [2.75, 3.05) is 31.6 Å². The van der Waals surface area contributed by atoms with Crippen LogP contribution in [0.5, 0.6) is 0 Å². The minimum atomic E-state index is -4.87. The first kappa shape index (κ1) is 27.1. The Bertz CT molecular complexity index is 1150. The zero-order chi connectivity index (χ0) is 26.5. The second-order valence-corrected chi connectivity index (χ2v) is 7.97. The number of nitrogens with zero attached hydrogens (tertiary/aromatic N) is 4. The Balaban J connectivity index is 1.44. The molecule has 196 valence electrons. The number of ether oxygens (including phenoxy) is 1. The molecule has 1 aliphatic rings. The Kier molecular flexibility index (Phi) is 8.32. The molecule has 15 heteroatoms. The van der Waals surface area contributed by atoms with Crippen molar-refractivity contribution < 1.29 is 35.9 Å². The highest BCUT2D eigenvalue weighted by molar-refractivity contribution is 5.77. The van der Waals surface area contributed by atoms with E-state index < -0.39 is 40.8 Å². The summed E-state index contributed by atoms with van der Waals surface area (Å²) in [6, 6.07) is -0.617. The van der Waals surface area contributed by atoms with Gasteiger partial charge in [-0.3, -0.25) is 9.59 Å². The molecular weight excluding hydrogens is 498 g/mol. The van der Waals surface area contributed by atoms with Crippen molar-refractivity contribution in [1.82, 2.24) is 25.1 Å². The van der Waals surface area contributed by atoms with Crippen LogP contribution in [0, 0.1) is 0 Å². The third-order valence-corrected chi connectivity index (χ3v) is 5.20. The SMILES string of the molecule is C[C@@H](COCCC(=O)N1CC=C(c2ncc(C(F)(F)F)cn2)CC1)Nc1cn[nH]c(=O)c1C(F)(F)F. The van der Waals surface area contributed by atoms with E-state index in [2.05, 4.69) is 20.4 Å². The molecule has 2 aromatic heterocycles. The van der Waals surface area contributed by atoms with Gasteiger partial charge in [0.25, 0.3) is 5.56 Å². The van der Waals surface area contributed by atoms with Crippen molar-refractivity contribution in [1.29, 1.82) is 0 Å². The molecule has 1 atom stereocenters. The van der Waals surface area contributed by atoms with E-state index in [1.165, 1.54) is 4.90 Å². The molecule has 2 N–H and O–H groups in total. The molecule has 0 unspecified atom stereocenters. The van der Waals surface area contributed by atoms with Crippen LogP contribution in [0.3, 0.4) is 0 Å². The fourth-order valence-electron chi connectivity index (χ4n) is 3.41. The van der Waals surface area contributed by atoms with Gasteiger partial charge >= 0.3 is 12.4 Å². The zero-order valence-corrected chi connectivity index (χ0v) is 18.9. The fourth-order valence-corrected chi connectivity index (χ4v) is 3.41. The number of amides is 1. The van der Waals surface area contributed by atoms with Crippen molar-refractivity contribution >= 4 is 17.2 Å². The van der Waals surface area contributed by atoms with Gasteiger partial charge in [-0.1, -0.05) is 6.08 Å². The predicted octanol–water partition coefficient (Wildman–Crippen LogP) is 3.12. The number of rotatable bonds is 8. The summed E-state index contributed by atoms with van der Waals surface area (Å²) >= 11 is 0. The summed E-state index contributed by atoms with van der Waals surface area (Å²) in [6.45, 7) is 2.07. The Morgan fingerprint density at radius 3 is 2.44 bits per heavy atom. The second kappa shape index (κ2) is 11.1. The van der Waals surface area contributed by atoms with E-state index in [4.69, 9.17) is 4.74 Å². The Morgan fingerprint density at radius 2 is 1.86 bits per heavy atom. The lowest BCUT2D eigenvalue weighted by molar-refractivity contribution is -0.139. The van der Waals surface area contributed by atoms with E-state index >= 15 is 0 Å². The molecule has 2 aromatic rings. The molecule has 0 aromatic carbocycles. The number of hydrogen-bond donors (Lipinski definition) is 2. The molecular formula is C21H22F6N6O3. The quantitative estimate of drug-likeness (QED) is 0.406. The van der Waals surface area contributed by atoms with Crippen LogP contribution in [0.2, 0.25) is 0 Å². The number of aromatic amines is 1. The lowest BCUT2D eigenvalue weighted by Gasteiger charge is -2.26. The Hall–Kier alpha value is -3.49. The van der Waals surface area contributed by atoms with Gasteiger partial charge in [0.2, 0.25) is 5.91 Å². The molecule has 0 saturated carbocycles. The number of halogens is 6. The van der Waals surface area contributed by atoms with E-state index in [0.29, 0.717) is 30.9 Å². The fraction of sp³-hybridized carbons (Fsp3) is 0.476. The number of carbonyl (C=O) groups excluding carboxylic acids is 1. The molecule has 0 aliphatic carbocycles. The van der Waals surface area contributed by atoms with Gasteiger partial charge in [0.1, 0.15) is 5.56 Å². The molecule has 0 radical (unpaired) electrons. The van der Waals surface area contributed by atoms with Gasteiger partial charge in [0.05, 0.1) is 37.1 Å². The van der Waals surface area contributed by atoms with Crippen LogP contribution in [0.15, 0.2) is 29.5 Å². The summed E-state index contributed by atoms with van der Waals surface area (Å²) < 4.78 is 82.6. The maximum Gasteiger partial charge on any atom is 0.423 e. The van der Waals surface area contributed by atoms with Crippen molar-refractivity contribution in [2.45, 2.75) is 38.2 Å². The summed E-state index contributed by atoms with van der Waals surface area (Å²) in [5, 5.41) is 7.65. The molecule has 36 heavy (non-hydrogen) atoms. The van der Waals surface area contributed by atoms with E-state index in [1.54, 1.807) is 18.1 Å². The summed E-state index contributed by atoms with van der Waals surface area (Å²) in [5.74, 6) is -0.0541. The maximum atomic E-state index is 13.1. The van der Waals surface area contributed by atoms with Gasteiger partial charge < -0.3 is 15.0 Å². The van der Waals surface area contributed by atoms with Crippen LogP contribution in [-0.4, -0.2) is 63.3 Å². The Morgan fingerprint density at radius 1 is 1.17 bits per heavy atom. The average molecular weight is 520 g/mol. The second-order valence-electron chi connectivity index (χ2n) is 7.97. The number of anilines is 1. The third-order valence-electron chi connectivity index (χ3n) is 5.20. The van der Waals surface area contributed by atoms with Crippen molar-refractivity contribution in [3.63, 3.8) is 0 Å². The molecule has 0 saturated heterocycles. The topological polar surface area (TPSA) is 113 Å². The minimum absolute atomic E-state index is 0.0136. The Labute approximate surface area is 200 Å². The van der Waals surface area contributed by atoms with Crippen LogP contribution in [-0.2, 0) is 21.9 Å². The highest BCUT2D eigenvalue weighted by Gasteiger charge is 2.37. The number of aromatic nitrogens is 4. The van der Waals surface area contributed by atoms with Crippen LogP contribution >= 0.6 is 0 Å². The van der Waals surface area contributed by atoms with Gasteiger partial charge in [-0.25, -0.2) is 15.1 Å². The van der Waals surface area contributed by atoms with Crippen LogP contribution in [0.25, 0.3) is 5.57 Å². The third kappa shape index (κ3) is 7.02. The summed E-state index contributed by atoms with van der Waals surface area (Å²) in [7, 11) is 0. The van der Waals surface area contributed by atoms with Crippen LogP contribution < -0.4 is 10.9 Å². The predicted molar refractivity (Wildman–Crippen MR) is 115 cm³/mol. The van der Waals surface area contributed by atoms with E-state index in [9.17, 15) is 35.9 Å². The molecule has 0 spiro atoms. The summed E-state index contributed by atoms with van der Waals surface area (Å²) in [5.41, 5.74) is -3.55. The first-order valence-electron chi connectivity index (χ1n) is 10.7. The average Bonchev–Trinajstić information content (AvgIpc) is 2.80. The smallest absolute Gasteiger partial charge is 0.379 e. The first-order valence-corrected chi connectivity index (χ1v) is 10.7. The summed E-state index contributed by atoms with van der Waals surface area (Å²) in [6.07, 6.45) is -5.05. The first-order chi connectivity index (χ1) is 16.9. The highest BCUT2D eigenvalue weighted by Crippen LogP contribution is 2.32. The number of carbonyl (C=O) groups is 1. The monoisotopic (exact) mass is 520 g/mol. The standard InChI is InChI=1S/C21H22F6N6O3/c1-12(31-15-10-30-32-19(35)17(15)21(25,26)27)11-36-7-4-16(34)33-5-2-13(3-6-33)18-28-8-14(9-29-18)20(22,23)24/h2,8-10,12H,3-7,11H2,1H3,(H2,31,32,35)/t12-/m0/s1. The maximum absolute atomic E-state index is 13.1. The lowest BCUT2D eigenvalue weighted by Crippen LogP contribution is -2.35. The van der Waals surface area contributed by atoms with Gasteiger partial charge in [-0.2, -0.15) is 31.4 Å². The van der Waals surface area contributed by atoms with Crippen LogP contribution in [0.1, 0.15) is 36.7 Å². The molecule has 3 rings (SSSR count). The number of alkyl halides is 6. The van der Waals surface area contributed by atoms with Crippen molar-refractivity contribution in [3.8, 4) is 0 Å². The molecule has 1 aliphatic heterocycles. The van der Waals surface area contributed by atoms with Gasteiger partial charge in [0.15, 0.2) is 5.82 Å². The molecule has 0 fully saturated rings. The zero-order valence-electron chi connectivity index (χ0n) is 18.9. The molecule has 9 nitrogen and oxygen atoms in total. The number of nitrogens with one attached hydrogen (secondary N) is 2. The number of H-pyrrole nitrogens is 1. The van der Waals surface area contributed by atoms with E-state index in [0.717, 1.165) is 6.20 Å². The molecule has 0 bridgehead atoms. The van der Waals surface area contributed by atoms with Crippen LogP contribution in [0.4, 0.5) is 32.0 Å². The van der Waals surface area contributed by atoms with E-state index in [1.807, 2.05) is 0 Å². The lowest BCUT2D eigenvalue weighted by atomic mass is 10.1.